The average Bonchev–Trinajstić information content (AvgIpc) is 2.82. The molecule has 5 N–H and O–H groups in total. The lowest BCUT2D eigenvalue weighted by atomic mass is 9.87. The maximum atomic E-state index is 13.4. The van der Waals surface area contributed by atoms with Crippen molar-refractivity contribution in [2.24, 2.45) is 26.9 Å². The first-order valence-electron chi connectivity index (χ1n) is 11.4. The van der Waals surface area contributed by atoms with Crippen molar-refractivity contribution >= 4 is 29.3 Å². The first kappa shape index (κ1) is 26.1. The second-order valence-corrected chi connectivity index (χ2v) is 9.37. The van der Waals surface area contributed by atoms with Gasteiger partial charge in [-0.1, -0.05) is 67.5 Å². The number of aliphatic imine (C=N–C) groups is 1. The molecule has 0 heterocycles. The topological polar surface area (TPSA) is 139 Å². The Morgan fingerprint density at radius 2 is 1.64 bits per heavy atom. The molecule has 0 bridgehead atoms. The second kappa shape index (κ2) is 11.3. The maximum Gasteiger partial charge on any atom is 0.326 e. The molecule has 3 aromatic rings. The van der Waals surface area contributed by atoms with Crippen LogP contribution in [0.2, 0.25) is 0 Å². The minimum atomic E-state index is -0.571. The van der Waals surface area contributed by atoms with Gasteiger partial charge in [-0.2, -0.15) is 4.99 Å². The lowest BCUT2D eigenvalue weighted by Gasteiger charge is -2.25. The fourth-order valence-electron chi connectivity index (χ4n) is 3.52. The van der Waals surface area contributed by atoms with Crippen LogP contribution in [0, 0.1) is 6.92 Å². The Labute approximate surface area is 210 Å². The van der Waals surface area contributed by atoms with Crippen molar-refractivity contribution in [2.75, 3.05) is 10.2 Å². The van der Waals surface area contributed by atoms with Crippen molar-refractivity contribution in [1.29, 1.82) is 0 Å². The largest absolute Gasteiger partial charge is 0.366 e. The predicted molar refractivity (Wildman–Crippen MR) is 143 cm³/mol. The second-order valence-electron chi connectivity index (χ2n) is 9.37. The molecule has 0 aliphatic heterocycles. The number of rotatable bonds is 5. The number of benzene rings is 3. The molecule has 3 amide bonds. The van der Waals surface area contributed by atoms with E-state index in [0.29, 0.717) is 11.3 Å². The van der Waals surface area contributed by atoms with Gasteiger partial charge in [-0.15, -0.1) is 0 Å². The fourth-order valence-corrected chi connectivity index (χ4v) is 3.52. The van der Waals surface area contributed by atoms with E-state index < -0.39 is 5.91 Å². The highest BCUT2D eigenvalue weighted by atomic mass is 16.2. The number of aryl methyl sites for hydroxylation is 1. The van der Waals surface area contributed by atoms with Gasteiger partial charge < -0.3 is 16.9 Å². The Balaban J connectivity index is 1.87. The number of carbonyl (C=O) groups is 2. The molecule has 0 spiro atoms. The summed E-state index contributed by atoms with van der Waals surface area (Å²) in [5.41, 5.74) is 10.3. The van der Waals surface area contributed by atoms with Gasteiger partial charge in [0.1, 0.15) is 0 Å². The van der Waals surface area contributed by atoms with Gasteiger partial charge in [-0.3, -0.25) is 9.69 Å². The summed E-state index contributed by atoms with van der Waals surface area (Å²) in [5, 5.41) is 9.30. The fraction of sp³-hybridized carbons (Fsp3) is 0.222. The van der Waals surface area contributed by atoms with Crippen molar-refractivity contribution in [2.45, 2.75) is 39.7 Å². The molecular formula is C27H31N7O2. The standard InChI is InChI=1S/C27H31N7O2/c1-18-6-5-7-22(16-18)30-26(36)34(23-14-12-21(13-15-23)27(2,3)4)17-19-8-10-20(11-9-19)24(35)31-25(28)32-33-29/h5-16H,17H2,1-4H3,(H,30,36)(H4,28,29,31,32,35). The number of nitrogens with zero attached hydrogens (tertiary/aromatic N) is 4. The number of hydrogen-bond donors (Lipinski definition) is 3. The van der Waals surface area contributed by atoms with Crippen molar-refractivity contribution in [3.8, 4) is 0 Å². The number of urea groups is 1. The monoisotopic (exact) mass is 485 g/mol. The molecule has 36 heavy (non-hydrogen) atoms. The molecule has 0 atom stereocenters. The first-order chi connectivity index (χ1) is 17.1. The van der Waals surface area contributed by atoms with Crippen LogP contribution < -0.4 is 21.8 Å². The van der Waals surface area contributed by atoms with Crippen LogP contribution >= 0.6 is 0 Å². The smallest absolute Gasteiger partial charge is 0.326 e. The zero-order valence-corrected chi connectivity index (χ0v) is 20.9. The maximum absolute atomic E-state index is 13.4. The molecule has 0 aliphatic rings. The SMILES string of the molecule is Cc1cccc(NC(=O)N(Cc2ccc(C(=O)N=C(N)/N=N\N)cc2)c2ccc(C(C)(C)C)cc2)c1. The Bertz CT molecular complexity index is 1270. The lowest BCUT2D eigenvalue weighted by Crippen LogP contribution is -2.34. The number of anilines is 2. The van der Waals surface area contributed by atoms with Gasteiger partial charge in [0.25, 0.3) is 5.91 Å². The Morgan fingerprint density at radius 1 is 0.972 bits per heavy atom. The molecule has 9 nitrogen and oxygen atoms in total. The summed E-state index contributed by atoms with van der Waals surface area (Å²) in [6.45, 7) is 8.68. The van der Waals surface area contributed by atoms with Crippen LogP contribution in [0.4, 0.5) is 16.2 Å². The van der Waals surface area contributed by atoms with E-state index in [4.69, 9.17) is 11.6 Å². The van der Waals surface area contributed by atoms with Crippen LogP contribution in [-0.4, -0.2) is 17.9 Å². The molecule has 0 unspecified atom stereocenters. The van der Waals surface area contributed by atoms with E-state index >= 15 is 0 Å². The Hall–Kier alpha value is -4.53. The normalized spacial score (nSPS) is 11.9. The Kier molecular flexibility index (Phi) is 8.16. The van der Waals surface area contributed by atoms with Crippen molar-refractivity contribution in [3.05, 3.63) is 95.1 Å². The quantitative estimate of drug-likeness (QED) is 0.148. The Morgan fingerprint density at radius 3 is 2.22 bits per heavy atom. The molecule has 3 rings (SSSR count). The highest BCUT2D eigenvalue weighted by Crippen LogP contribution is 2.26. The van der Waals surface area contributed by atoms with Gasteiger partial charge >= 0.3 is 6.03 Å². The summed E-state index contributed by atoms with van der Waals surface area (Å²) >= 11 is 0. The summed E-state index contributed by atoms with van der Waals surface area (Å²) in [6, 6.07) is 22.1. The third kappa shape index (κ3) is 6.99. The summed E-state index contributed by atoms with van der Waals surface area (Å²) < 4.78 is 0. The van der Waals surface area contributed by atoms with Crippen molar-refractivity contribution in [3.63, 3.8) is 0 Å². The summed E-state index contributed by atoms with van der Waals surface area (Å²) in [7, 11) is 0. The molecule has 3 aromatic carbocycles. The molecule has 0 radical (unpaired) electrons. The third-order valence-electron chi connectivity index (χ3n) is 5.48. The molecule has 0 fully saturated rings. The summed E-state index contributed by atoms with van der Waals surface area (Å²) in [5.74, 6) is 4.02. The number of hydrogen-bond acceptors (Lipinski definition) is 3. The van der Waals surface area contributed by atoms with Crippen LogP contribution in [0.1, 0.15) is 47.8 Å². The predicted octanol–water partition coefficient (Wildman–Crippen LogP) is 5.31. The van der Waals surface area contributed by atoms with Crippen molar-refractivity contribution in [1.82, 2.24) is 0 Å². The summed E-state index contributed by atoms with van der Waals surface area (Å²) in [6.07, 6.45) is 0. The molecule has 186 valence electrons. The van der Waals surface area contributed by atoms with Crippen LogP contribution in [-0.2, 0) is 12.0 Å². The van der Waals surface area contributed by atoms with E-state index in [0.717, 1.165) is 16.8 Å². The van der Waals surface area contributed by atoms with E-state index in [1.807, 2.05) is 55.5 Å². The first-order valence-corrected chi connectivity index (χ1v) is 11.4. The average molecular weight is 486 g/mol. The molecule has 0 aromatic heterocycles. The van der Waals surface area contributed by atoms with Gasteiger partial charge in [0.15, 0.2) is 0 Å². The lowest BCUT2D eigenvalue weighted by molar-refractivity contribution is 0.100. The van der Waals surface area contributed by atoms with Gasteiger partial charge in [-0.05, 0) is 65.4 Å². The summed E-state index contributed by atoms with van der Waals surface area (Å²) in [4.78, 5) is 30.9. The molecule has 0 saturated heterocycles. The molecule has 9 heteroatoms. The van der Waals surface area contributed by atoms with E-state index in [1.54, 1.807) is 29.2 Å². The van der Waals surface area contributed by atoms with E-state index in [1.165, 1.54) is 5.56 Å². The van der Waals surface area contributed by atoms with Gasteiger partial charge in [0.2, 0.25) is 5.96 Å². The van der Waals surface area contributed by atoms with Gasteiger partial charge in [-0.25, -0.2) is 4.79 Å². The molecule has 0 saturated carbocycles. The van der Waals surface area contributed by atoms with Crippen LogP contribution in [0.15, 0.2) is 88.1 Å². The number of amides is 3. The van der Waals surface area contributed by atoms with E-state index in [-0.39, 0.29) is 24.0 Å². The van der Waals surface area contributed by atoms with Crippen molar-refractivity contribution < 1.29 is 9.59 Å². The van der Waals surface area contributed by atoms with Crippen LogP contribution in [0.5, 0.6) is 0 Å². The van der Waals surface area contributed by atoms with E-state index in [2.05, 4.69) is 41.4 Å². The molecular weight excluding hydrogens is 454 g/mol. The highest BCUT2D eigenvalue weighted by Gasteiger charge is 2.19. The minimum absolute atomic E-state index is 0.00699. The van der Waals surface area contributed by atoms with Crippen LogP contribution in [0.25, 0.3) is 0 Å². The minimum Gasteiger partial charge on any atom is -0.366 e. The van der Waals surface area contributed by atoms with Gasteiger partial charge in [0.05, 0.1) is 6.54 Å². The van der Waals surface area contributed by atoms with E-state index in [9.17, 15) is 9.59 Å². The van der Waals surface area contributed by atoms with Gasteiger partial charge in [0, 0.05) is 16.9 Å². The number of nitrogens with two attached hydrogens (primary N) is 2. The number of nitrogens with one attached hydrogen (secondary N) is 1. The zero-order valence-electron chi connectivity index (χ0n) is 20.9. The number of carbonyl (C=O) groups excluding carboxylic acids is 2. The zero-order chi connectivity index (χ0) is 26.3. The highest BCUT2D eigenvalue weighted by molar-refractivity contribution is 6.03. The third-order valence-corrected chi connectivity index (χ3v) is 5.48. The van der Waals surface area contributed by atoms with Crippen LogP contribution in [0.3, 0.4) is 0 Å². The number of guanidine groups is 1. The molecule has 0 aliphatic carbocycles.